The Morgan fingerprint density at radius 2 is 1.95 bits per heavy atom. The molecule has 19 heavy (non-hydrogen) atoms. The van der Waals surface area contributed by atoms with Crippen LogP contribution in [0.3, 0.4) is 0 Å². The van der Waals surface area contributed by atoms with Crippen molar-refractivity contribution < 1.29 is 14.9 Å². The normalized spacial score (nSPS) is 17.5. The summed E-state index contributed by atoms with van der Waals surface area (Å²) in [7, 11) is 1.47. The number of ether oxygens (including phenoxy) is 1. The summed E-state index contributed by atoms with van der Waals surface area (Å²) < 4.78 is 6.22. The molecule has 0 saturated heterocycles. The van der Waals surface area contributed by atoms with Gasteiger partial charge in [0.15, 0.2) is 11.5 Å². The van der Waals surface area contributed by atoms with Gasteiger partial charge in [-0.15, -0.1) is 12.4 Å². The van der Waals surface area contributed by atoms with E-state index in [4.69, 9.17) is 10.5 Å². The maximum Gasteiger partial charge on any atom is 0.173 e. The lowest BCUT2D eigenvalue weighted by molar-refractivity contribution is 0.122. The number of phenols is 1. The van der Waals surface area contributed by atoms with Crippen LogP contribution in [0.5, 0.6) is 11.5 Å². The van der Waals surface area contributed by atoms with Crippen LogP contribution in [0.1, 0.15) is 24.4 Å². The monoisotopic (exact) mass is 415 g/mol. The van der Waals surface area contributed by atoms with Gasteiger partial charge in [-0.05, 0) is 62.2 Å². The van der Waals surface area contributed by atoms with Crippen molar-refractivity contribution in [3.63, 3.8) is 0 Å². The van der Waals surface area contributed by atoms with Crippen molar-refractivity contribution in [3.8, 4) is 11.5 Å². The standard InChI is InChI=1S/C12H15Br2NO3.ClH/c1-18-7-4-6(8(13)9(14)12(7)17)10(15)11(16)5-2-3-5;/h4-5,10-11,16-17H,2-3,15H2,1H3;1H/t10-,11+;/m1./s1. The van der Waals surface area contributed by atoms with Crippen molar-refractivity contribution in [3.05, 3.63) is 20.6 Å². The first-order chi connectivity index (χ1) is 8.47. The Hall–Kier alpha value is -0.0100. The van der Waals surface area contributed by atoms with Crippen LogP contribution in [0.4, 0.5) is 0 Å². The van der Waals surface area contributed by atoms with Crippen LogP contribution in [0, 0.1) is 5.92 Å². The van der Waals surface area contributed by atoms with Crippen molar-refractivity contribution in [1.82, 2.24) is 0 Å². The second-order valence-electron chi connectivity index (χ2n) is 4.50. The van der Waals surface area contributed by atoms with Crippen molar-refractivity contribution >= 4 is 44.3 Å². The van der Waals surface area contributed by atoms with Crippen LogP contribution in [0.15, 0.2) is 15.0 Å². The Balaban J connectivity index is 0.00000180. The lowest BCUT2D eigenvalue weighted by Gasteiger charge is -2.22. The zero-order chi connectivity index (χ0) is 13.4. The molecule has 7 heteroatoms. The van der Waals surface area contributed by atoms with Gasteiger partial charge in [-0.3, -0.25) is 0 Å². The average molecular weight is 418 g/mol. The van der Waals surface area contributed by atoms with Gasteiger partial charge in [0.25, 0.3) is 0 Å². The van der Waals surface area contributed by atoms with Gasteiger partial charge in [-0.1, -0.05) is 0 Å². The van der Waals surface area contributed by atoms with Gasteiger partial charge in [-0.2, -0.15) is 0 Å². The number of halogens is 3. The first-order valence-electron chi connectivity index (χ1n) is 5.65. The molecule has 1 aliphatic carbocycles. The van der Waals surface area contributed by atoms with E-state index in [1.807, 2.05) is 0 Å². The van der Waals surface area contributed by atoms with Crippen LogP contribution in [0.25, 0.3) is 0 Å². The lowest BCUT2D eigenvalue weighted by Crippen LogP contribution is -2.28. The topological polar surface area (TPSA) is 75.7 Å². The fourth-order valence-corrected chi connectivity index (χ4v) is 2.92. The van der Waals surface area contributed by atoms with Crippen LogP contribution >= 0.6 is 44.3 Å². The van der Waals surface area contributed by atoms with Crippen LogP contribution in [0.2, 0.25) is 0 Å². The van der Waals surface area contributed by atoms with Crippen LogP contribution in [-0.4, -0.2) is 23.4 Å². The number of methoxy groups -OCH3 is 1. The predicted octanol–water partition coefficient (Wildman–Crippen LogP) is 3.12. The minimum atomic E-state index is -0.567. The van der Waals surface area contributed by atoms with Gasteiger partial charge < -0.3 is 20.7 Å². The number of benzene rings is 1. The third-order valence-electron chi connectivity index (χ3n) is 3.23. The molecule has 108 valence electrons. The van der Waals surface area contributed by atoms with Gasteiger partial charge >= 0.3 is 0 Å². The summed E-state index contributed by atoms with van der Waals surface area (Å²) >= 11 is 6.66. The molecule has 0 radical (unpaired) electrons. The number of aliphatic hydroxyl groups is 1. The maximum absolute atomic E-state index is 10.1. The molecule has 0 aliphatic heterocycles. The van der Waals surface area contributed by atoms with Crippen molar-refractivity contribution in [2.24, 2.45) is 11.7 Å². The molecule has 4 N–H and O–H groups in total. The number of rotatable bonds is 4. The van der Waals surface area contributed by atoms with E-state index < -0.39 is 12.1 Å². The van der Waals surface area contributed by atoms with E-state index in [2.05, 4.69) is 31.9 Å². The van der Waals surface area contributed by atoms with E-state index in [1.165, 1.54) is 7.11 Å². The molecule has 0 bridgehead atoms. The molecule has 4 nitrogen and oxygen atoms in total. The van der Waals surface area contributed by atoms with Gasteiger partial charge in [0.05, 0.1) is 23.7 Å². The molecule has 2 rings (SSSR count). The molecule has 1 aliphatic rings. The van der Waals surface area contributed by atoms with Gasteiger partial charge in [0.2, 0.25) is 0 Å². The quantitative estimate of drug-likeness (QED) is 0.704. The number of phenolic OH excluding ortho intramolecular Hbond substituents is 1. The third-order valence-corrected chi connectivity index (χ3v) is 5.38. The highest BCUT2D eigenvalue weighted by molar-refractivity contribution is 9.13. The zero-order valence-electron chi connectivity index (χ0n) is 10.3. The van der Waals surface area contributed by atoms with Crippen molar-refractivity contribution in [2.45, 2.75) is 25.0 Å². The van der Waals surface area contributed by atoms with Crippen LogP contribution in [-0.2, 0) is 0 Å². The highest BCUT2D eigenvalue weighted by atomic mass is 79.9. The molecular weight excluding hydrogens is 401 g/mol. The summed E-state index contributed by atoms with van der Waals surface area (Å²) in [6, 6.07) is 1.15. The Bertz CT molecular complexity index is 469. The Morgan fingerprint density at radius 1 is 1.37 bits per heavy atom. The Kier molecular flexibility index (Phi) is 5.95. The minimum Gasteiger partial charge on any atom is -0.503 e. The summed E-state index contributed by atoms with van der Waals surface area (Å²) in [6.45, 7) is 0. The molecule has 0 heterocycles. The van der Waals surface area contributed by atoms with E-state index in [0.29, 0.717) is 14.7 Å². The molecule has 0 spiro atoms. The molecule has 1 aromatic rings. The largest absolute Gasteiger partial charge is 0.503 e. The molecule has 2 atom stereocenters. The highest BCUT2D eigenvalue weighted by Gasteiger charge is 2.35. The van der Waals surface area contributed by atoms with E-state index in [1.54, 1.807) is 6.07 Å². The summed E-state index contributed by atoms with van der Waals surface area (Å²) in [5.74, 6) is 0.630. The smallest absolute Gasteiger partial charge is 0.173 e. The summed E-state index contributed by atoms with van der Waals surface area (Å²) in [6.07, 6.45) is 1.47. The summed E-state index contributed by atoms with van der Waals surface area (Å²) in [4.78, 5) is 0. The molecule has 1 fully saturated rings. The van der Waals surface area contributed by atoms with E-state index in [0.717, 1.165) is 18.4 Å². The van der Waals surface area contributed by atoms with Crippen LogP contribution < -0.4 is 10.5 Å². The molecule has 1 saturated carbocycles. The number of aliphatic hydroxyl groups excluding tert-OH is 1. The lowest BCUT2D eigenvalue weighted by atomic mass is 9.98. The van der Waals surface area contributed by atoms with Crippen molar-refractivity contribution in [1.29, 1.82) is 0 Å². The van der Waals surface area contributed by atoms with Gasteiger partial charge in [-0.25, -0.2) is 0 Å². The number of nitrogens with two attached hydrogens (primary N) is 1. The Labute approximate surface area is 135 Å². The number of aromatic hydroxyl groups is 1. The third kappa shape index (κ3) is 3.36. The maximum atomic E-state index is 10.1. The highest BCUT2D eigenvalue weighted by Crippen LogP contribution is 2.45. The molecular formula is C12H16Br2ClNO3. The predicted molar refractivity (Wildman–Crippen MR) is 83.0 cm³/mol. The fourth-order valence-electron chi connectivity index (χ4n) is 1.92. The van der Waals surface area contributed by atoms with E-state index >= 15 is 0 Å². The molecule has 1 aromatic carbocycles. The second kappa shape index (κ2) is 6.63. The molecule has 0 unspecified atom stereocenters. The fraction of sp³-hybridized carbons (Fsp3) is 0.500. The minimum absolute atomic E-state index is 0. The second-order valence-corrected chi connectivity index (χ2v) is 6.08. The molecule has 0 aromatic heterocycles. The number of hydrogen-bond donors (Lipinski definition) is 3. The summed E-state index contributed by atoms with van der Waals surface area (Å²) in [5.41, 5.74) is 6.80. The average Bonchev–Trinajstić information content (AvgIpc) is 3.19. The SMILES string of the molecule is COc1cc([C@@H](N)[C@@H](O)C2CC2)c(Br)c(Br)c1O.Cl. The molecule has 0 amide bonds. The number of hydrogen-bond acceptors (Lipinski definition) is 4. The first kappa shape index (κ1) is 17.0. The zero-order valence-corrected chi connectivity index (χ0v) is 14.3. The van der Waals surface area contributed by atoms with E-state index in [9.17, 15) is 10.2 Å². The summed E-state index contributed by atoms with van der Waals surface area (Å²) in [5, 5.41) is 19.9. The van der Waals surface area contributed by atoms with Gasteiger partial charge in [0.1, 0.15) is 0 Å². The van der Waals surface area contributed by atoms with Gasteiger partial charge in [0, 0.05) is 4.47 Å². The van der Waals surface area contributed by atoms with Crippen molar-refractivity contribution in [2.75, 3.05) is 7.11 Å². The first-order valence-corrected chi connectivity index (χ1v) is 7.24. The van der Waals surface area contributed by atoms with E-state index in [-0.39, 0.29) is 24.1 Å². The Morgan fingerprint density at radius 3 is 2.42 bits per heavy atom.